The number of amides is 2. The molecule has 1 aromatic heterocycles. The number of nitrogens with zero attached hydrogens (tertiary/aromatic N) is 3. The number of hydrogen-bond acceptors (Lipinski definition) is 5. The second kappa shape index (κ2) is 8.96. The van der Waals surface area contributed by atoms with Gasteiger partial charge in [0, 0.05) is 44.6 Å². The third kappa shape index (κ3) is 5.27. The number of carboxylic acid groups (broad SMARTS) is 1. The first kappa shape index (κ1) is 19.3. The van der Waals surface area contributed by atoms with Gasteiger partial charge in [0.25, 0.3) is 0 Å². The predicted molar refractivity (Wildman–Crippen MR) is 104 cm³/mol. The summed E-state index contributed by atoms with van der Waals surface area (Å²) in [5, 5.41) is 15.1. The highest BCUT2D eigenvalue weighted by Gasteiger charge is 2.21. The third-order valence-electron chi connectivity index (χ3n) is 4.59. The van der Waals surface area contributed by atoms with E-state index in [4.69, 9.17) is 5.11 Å². The van der Waals surface area contributed by atoms with Gasteiger partial charge in [-0.2, -0.15) is 0 Å². The Morgan fingerprint density at radius 2 is 1.89 bits per heavy atom. The van der Waals surface area contributed by atoms with Gasteiger partial charge < -0.3 is 15.3 Å². The number of piperazine rings is 1. The van der Waals surface area contributed by atoms with Crippen molar-refractivity contribution in [3.8, 4) is 0 Å². The number of rotatable bonds is 6. The Kier molecular flexibility index (Phi) is 6.41. The van der Waals surface area contributed by atoms with Crippen LogP contribution in [0.25, 0.3) is 0 Å². The first-order valence-corrected chi connectivity index (χ1v) is 9.93. The van der Waals surface area contributed by atoms with E-state index < -0.39 is 5.97 Å². The molecule has 8 heteroatoms. The molecule has 0 atom stereocenters. The van der Waals surface area contributed by atoms with E-state index in [0.29, 0.717) is 19.6 Å². The lowest BCUT2D eigenvalue weighted by molar-refractivity contribution is 0.0697. The molecule has 1 aliphatic heterocycles. The van der Waals surface area contributed by atoms with E-state index in [-0.39, 0.29) is 11.6 Å². The van der Waals surface area contributed by atoms with Crippen molar-refractivity contribution < 1.29 is 14.7 Å². The van der Waals surface area contributed by atoms with Gasteiger partial charge in [-0.3, -0.25) is 4.90 Å². The molecule has 0 aliphatic carbocycles. The molecule has 2 aromatic rings. The molecule has 2 amide bonds. The first-order valence-electron chi connectivity index (χ1n) is 9.06. The Labute approximate surface area is 162 Å². The zero-order valence-electron chi connectivity index (χ0n) is 15.4. The molecule has 1 saturated heterocycles. The maximum atomic E-state index is 12.3. The van der Waals surface area contributed by atoms with Gasteiger partial charge in [-0.15, -0.1) is 11.3 Å². The average molecular weight is 388 g/mol. The van der Waals surface area contributed by atoms with Crippen LogP contribution in [-0.4, -0.2) is 58.1 Å². The molecule has 0 unspecified atom stereocenters. The Bertz CT molecular complexity index is 783. The molecule has 2 heterocycles. The Balaban J connectivity index is 1.42. The van der Waals surface area contributed by atoms with Crippen molar-refractivity contribution >= 4 is 23.3 Å². The zero-order chi connectivity index (χ0) is 19.2. The molecule has 27 heavy (non-hydrogen) atoms. The van der Waals surface area contributed by atoms with Crippen LogP contribution in [0.2, 0.25) is 0 Å². The number of carboxylic acids is 1. The van der Waals surface area contributed by atoms with Crippen LogP contribution in [0.1, 0.15) is 33.5 Å². The molecule has 1 fully saturated rings. The highest BCUT2D eigenvalue weighted by molar-refractivity contribution is 7.09. The van der Waals surface area contributed by atoms with Crippen LogP contribution >= 0.6 is 11.3 Å². The van der Waals surface area contributed by atoms with Crippen LogP contribution in [0.15, 0.2) is 29.6 Å². The summed E-state index contributed by atoms with van der Waals surface area (Å²) in [5.74, 6) is -0.952. The molecule has 7 nitrogen and oxygen atoms in total. The van der Waals surface area contributed by atoms with E-state index in [1.807, 2.05) is 4.90 Å². The quantitative estimate of drug-likeness (QED) is 0.794. The van der Waals surface area contributed by atoms with E-state index in [9.17, 15) is 9.59 Å². The van der Waals surface area contributed by atoms with Crippen molar-refractivity contribution in [3.05, 3.63) is 51.5 Å². The molecule has 3 rings (SSSR count). The third-order valence-corrected chi connectivity index (χ3v) is 5.63. The van der Waals surface area contributed by atoms with Gasteiger partial charge >= 0.3 is 12.0 Å². The Morgan fingerprint density at radius 1 is 1.19 bits per heavy atom. The van der Waals surface area contributed by atoms with Gasteiger partial charge in [-0.05, 0) is 24.1 Å². The molecule has 0 spiro atoms. The van der Waals surface area contributed by atoms with Crippen LogP contribution in [0.3, 0.4) is 0 Å². The standard InChI is InChI=1S/C19H24N4O3S/c1-2-17-21-16(13-27-17)12-22-7-9-23(10-8-22)19(26)20-11-14-3-5-15(6-4-14)18(24)25/h3-6,13H,2,7-12H2,1H3,(H,20,26)(H,24,25). The molecular weight excluding hydrogens is 364 g/mol. The molecule has 144 valence electrons. The van der Waals surface area contributed by atoms with Crippen LogP contribution < -0.4 is 5.32 Å². The minimum atomic E-state index is -0.952. The van der Waals surface area contributed by atoms with E-state index in [2.05, 4.69) is 27.5 Å². The largest absolute Gasteiger partial charge is 0.478 e. The minimum absolute atomic E-state index is 0.0844. The molecule has 0 radical (unpaired) electrons. The zero-order valence-corrected chi connectivity index (χ0v) is 16.2. The molecule has 1 aliphatic rings. The second-order valence-corrected chi connectivity index (χ2v) is 7.45. The van der Waals surface area contributed by atoms with E-state index in [1.165, 1.54) is 5.01 Å². The van der Waals surface area contributed by atoms with Crippen LogP contribution in [0.5, 0.6) is 0 Å². The fourth-order valence-corrected chi connectivity index (χ4v) is 3.71. The van der Waals surface area contributed by atoms with Gasteiger partial charge in [0.1, 0.15) is 0 Å². The maximum absolute atomic E-state index is 12.3. The predicted octanol–water partition coefficient (Wildman–Crippen LogP) is 2.43. The van der Waals surface area contributed by atoms with Gasteiger partial charge in [0.05, 0.1) is 16.3 Å². The summed E-state index contributed by atoms with van der Waals surface area (Å²) in [7, 11) is 0. The van der Waals surface area contributed by atoms with Crippen molar-refractivity contribution in [1.29, 1.82) is 0 Å². The lowest BCUT2D eigenvalue weighted by atomic mass is 10.1. The number of carbonyl (C=O) groups is 2. The van der Waals surface area contributed by atoms with Gasteiger partial charge in [-0.1, -0.05) is 19.1 Å². The van der Waals surface area contributed by atoms with E-state index in [1.54, 1.807) is 35.6 Å². The van der Waals surface area contributed by atoms with Crippen LogP contribution in [0, 0.1) is 0 Å². The molecule has 0 bridgehead atoms. The van der Waals surface area contributed by atoms with E-state index >= 15 is 0 Å². The summed E-state index contributed by atoms with van der Waals surface area (Å²) in [6.07, 6.45) is 0.970. The molecule has 1 aromatic carbocycles. The summed E-state index contributed by atoms with van der Waals surface area (Å²) in [4.78, 5) is 32.0. The lowest BCUT2D eigenvalue weighted by Gasteiger charge is -2.34. The number of aryl methyl sites for hydroxylation is 1. The van der Waals surface area contributed by atoms with Crippen molar-refractivity contribution in [2.24, 2.45) is 0 Å². The normalized spacial score (nSPS) is 14.9. The number of nitrogens with one attached hydrogen (secondary N) is 1. The smallest absolute Gasteiger partial charge is 0.335 e. The fraction of sp³-hybridized carbons (Fsp3) is 0.421. The highest BCUT2D eigenvalue weighted by atomic mass is 32.1. The summed E-state index contributed by atoms with van der Waals surface area (Å²) < 4.78 is 0. The lowest BCUT2D eigenvalue weighted by Crippen LogP contribution is -2.51. The van der Waals surface area contributed by atoms with Crippen molar-refractivity contribution in [1.82, 2.24) is 20.1 Å². The van der Waals surface area contributed by atoms with Crippen molar-refractivity contribution in [2.75, 3.05) is 26.2 Å². The number of carbonyl (C=O) groups excluding carboxylic acids is 1. The van der Waals surface area contributed by atoms with Gasteiger partial charge in [-0.25, -0.2) is 14.6 Å². The highest BCUT2D eigenvalue weighted by Crippen LogP contribution is 2.14. The summed E-state index contributed by atoms with van der Waals surface area (Å²) in [6, 6.07) is 6.45. The molecule has 2 N–H and O–H groups in total. The number of hydrogen-bond donors (Lipinski definition) is 2. The summed E-state index contributed by atoms with van der Waals surface area (Å²) >= 11 is 1.71. The number of aromatic carboxylic acids is 1. The van der Waals surface area contributed by atoms with E-state index in [0.717, 1.165) is 37.3 Å². The fourth-order valence-electron chi connectivity index (χ4n) is 2.98. The topological polar surface area (TPSA) is 85.8 Å². The van der Waals surface area contributed by atoms with Gasteiger partial charge in [0.2, 0.25) is 0 Å². The van der Waals surface area contributed by atoms with Crippen LogP contribution in [0.4, 0.5) is 4.79 Å². The van der Waals surface area contributed by atoms with Crippen molar-refractivity contribution in [3.63, 3.8) is 0 Å². The second-order valence-electron chi connectivity index (χ2n) is 6.51. The van der Waals surface area contributed by atoms with Crippen molar-refractivity contribution in [2.45, 2.75) is 26.4 Å². The van der Waals surface area contributed by atoms with Gasteiger partial charge in [0.15, 0.2) is 0 Å². The number of urea groups is 1. The Hall–Kier alpha value is -2.45. The molecule has 0 saturated carbocycles. The number of benzene rings is 1. The minimum Gasteiger partial charge on any atom is -0.478 e. The summed E-state index contributed by atoms with van der Waals surface area (Å²) in [6.45, 7) is 6.38. The first-order chi connectivity index (χ1) is 13.0. The Morgan fingerprint density at radius 3 is 2.48 bits per heavy atom. The maximum Gasteiger partial charge on any atom is 0.335 e. The monoisotopic (exact) mass is 388 g/mol. The van der Waals surface area contributed by atoms with Crippen LogP contribution in [-0.2, 0) is 19.5 Å². The summed E-state index contributed by atoms with van der Waals surface area (Å²) in [5.41, 5.74) is 2.23. The number of thiazole rings is 1. The molecular formula is C19H24N4O3S. The number of aromatic nitrogens is 1. The SMILES string of the molecule is CCc1nc(CN2CCN(C(=O)NCc3ccc(C(=O)O)cc3)CC2)cs1. The average Bonchev–Trinajstić information content (AvgIpc) is 3.14.